The highest BCUT2D eigenvalue weighted by molar-refractivity contribution is 7.80. The predicted octanol–water partition coefficient (Wildman–Crippen LogP) is -6.62. The summed E-state index contributed by atoms with van der Waals surface area (Å²) in [6, 6.07) is -14.0. The topological polar surface area (TPSA) is 756 Å². The number of para-hydroxylation sites is 1. The maximum absolute atomic E-state index is 14.7. The van der Waals surface area contributed by atoms with Crippen LogP contribution in [0.4, 0.5) is 0 Å². The van der Waals surface area contributed by atoms with E-state index in [1.807, 2.05) is 0 Å². The third kappa shape index (κ3) is 37.6. The molecule has 0 radical (unpaired) electrons. The number of hydrogen-bond donors (Lipinski definition) is 30. The number of fused-ring (bicyclic) bond motifs is 1. The number of H-pyrrole nitrogens is 1. The third-order valence-electron chi connectivity index (χ3n) is 20.4. The molecule has 0 spiro atoms. The van der Waals surface area contributed by atoms with Gasteiger partial charge in [-0.15, -0.1) is 0 Å². The van der Waals surface area contributed by atoms with Crippen LogP contribution in [0.15, 0.2) is 54.7 Å². The number of carbonyl (C=O) groups excluding carboxylic acids is 16. The van der Waals surface area contributed by atoms with Gasteiger partial charge in [-0.25, -0.2) is 4.79 Å². The number of aromatic hydroxyl groups is 1. The molecule has 3 aromatic rings. The maximum Gasteiger partial charge on any atom is 0.326 e. The van der Waals surface area contributed by atoms with E-state index in [0.29, 0.717) is 47.8 Å². The van der Waals surface area contributed by atoms with Gasteiger partial charge in [0.25, 0.3) is 0 Å². The first-order chi connectivity index (χ1) is 61.8. The number of nitrogens with zero attached hydrogens (tertiary/aromatic N) is 1. The average Bonchev–Trinajstić information content (AvgIpc) is 1.66. The molecular weight excluding hydrogens is 1800 g/mol. The van der Waals surface area contributed by atoms with Crippen molar-refractivity contribution in [3.63, 3.8) is 0 Å². The van der Waals surface area contributed by atoms with Crippen LogP contribution in [0.5, 0.6) is 5.75 Å². The second-order valence-electron chi connectivity index (χ2n) is 31.4. The van der Waals surface area contributed by atoms with E-state index in [1.165, 1.54) is 52.0 Å². The van der Waals surface area contributed by atoms with Crippen LogP contribution in [0.3, 0.4) is 0 Å². The summed E-state index contributed by atoms with van der Waals surface area (Å²) < 4.78 is 0. The number of rotatable bonds is 57. The van der Waals surface area contributed by atoms with Gasteiger partial charge in [0.15, 0.2) is 5.96 Å². The van der Waals surface area contributed by atoms with E-state index in [0.717, 1.165) is 4.90 Å². The van der Waals surface area contributed by atoms with E-state index in [1.54, 1.807) is 44.3 Å². The molecule has 0 bridgehead atoms. The minimum atomic E-state index is -1.98. The van der Waals surface area contributed by atoms with Crippen molar-refractivity contribution < 1.29 is 121 Å². The summed E-state index contributed by atoms with van der Waals surface area (Å²) in [6.07, 6.45) is -1.47. The lowest BCUT2D eigenvalue weighted by molar-refractivity contribution is -0.147. The Labute approximate surface area is 775 Å². The molecule has 1 aliphatic heterocycles. The van der Waals surface area contributed by atoms with E-state index in [9.17, 15) is 121 Å². The lowest BCUT2D eigenvalue weighted by atomic mass is 10.0. The van der Waals surface area contributed by atoms with Crippen molar-refractivity contribution in [1.82, 2.24) is 95.0 Å². The molecule has 2 heterocycles. The van der Waals surface area contributed by atoms with Crippen LogP contribution in [0, 0.1) is 11.3 Å². The number of aromatic amines is 1. The zero-order chi connectivity index (χ0) is 98.2. The van der Waals surface area contributed by atoms with E-state index in [2.05, 4.69) is 141 Å². The zero-order valence-electron chi connectivity index (χ0n) is 72.8. The van der Waals surface area contributed by atoms with Crippen LogP contribution >= 0.6 is 50.5 Å². The number of hydrogen-bond acceptors (Lipinski definition) is 28. The standard InChI is InChI=1S/C80H120N22O25S4/c1-37(2)27-50(94-75(122)57(35-130)101-76(123)58(36-131)99-69(116)49(22-23-60(104)105)92-64(111)40(5)89-73(120)55(33-128)98-66(113)38(3)87-67(114)46(82)14-9-10-24-81)70(117)88-39(4)63(110)91-48(16-11-25-85-80(83)84)68(115)96-53(30-61(106)107)78(125)102-26-12-17-59(102)77(124)95-51(28-42-18-20-44(103)21-19-42)71(118)100-56(34-129)74(121)90-41(6)65(112)93-52(72(119)97-54(79(126)127)31-62(108)109)29-43-32-86-47-15-8-7-13-45(43)47/h7-8,13,15,18-21,32,37-41,46,48-59,86,103,128-131H,9-12,14,16-17,22-31,33-36,81-82H2,1-6H3,(H,87,114)(H,88,117)(H,89,120)(H,90,121)(H,91,110)(H,92,111)(H,93,112)(H,94,122)(H,95,124)(H,96,115)(H,97,119)(H,98,113)(H,99,116)(H,100,118)(H,101,123)(H,104,105)(H,106,107)(H,108,109)(H,126,127)(H4,83,84,85)/t38-,39-,40-,41-,46-,48-,49-,50-,51-,52-,53-,54-,55-,56-,57-,58-,59-/m0/s1. The summed E-state index contributed by atoms with van der Waals surface area (Å²) in [5.74, 6) is -25.1. The molecule has 47 nitrogen and oxygen atoms in total. The summed E-state index contributed by atoms with van der Waals surface area (Å²) in [5, 5.41) is 95.9. The highest BCUT2D eigenvalue weighted by Crippen LogP contribution is 2.23. The lowest BCUT2D eigenvalue weighted by Crippen LogP contribution is -2.61. The Bertz CT molecular complexity index is 4550. The number of likely N-dealkylation sites (tertiary alicyclic amines) is 1. The Morgan fingerprint density at radius 1 is 0.458 bits per heavy atom. The van der Waals surface area contributed by atoms with E-state index < -0.39 is 270 Å². The summed E-state index contributed by atoms with van der Waals surface area (Å²) in [7, 11) is 0. The highest BCUT2D eigenvalue weighted by atomic mass is 32.1. The monoisotopic (exact) mass is 1920 g/mol. The molecule has 0 aliphatic carbocycles. The number of carboxylic acid groups (broad SMARTS) is 4. The number of guanidine groups is 1. The summed E-state index contributed by atoms with van der Waals surface area (Å²) >= 11 is 16.8. The number of phenols is 1. The van der Waals surface area contributed by atoms with E-state index in [4.69, 9.17) is 22.6 Å². The number of unbranched alkanes of at least 4 members (excludes halogenated alkanes) is 1. The fourth-order valence-corrected chi connectivity index (χ4v) is 14.2. The number of carboxylic acids is 4. The van der Waals surface area contributed by atoms with Crippen LogP contribution in [0.2, 0.25) is 0 Å². The van der Waals surface area contributed by atoms with Crippen molar-refractivity contribution in [2.24, 2.45) is 23.1 Å². The molecule has 1 aromatic heterocycles. The summed E-state index contributed by atoms with van der Waals surface area (Å²) in [5.41, 5.74) is 18.4. The maximum atomic E-state index is 14.7. The first kappa shape index (κ1) is 111. The predicted molar refractivity (Wildman–Crippen MR) is 484 cm³/mol. The van der Waals surface area contributed by atoms with Crippen molar-refractivity contribution in [3.8, 4) is 5.75 Å². The van der Waals surface area contributed by atoms with Crippen molar-refractivity contribution in [2.75, 3.05) is 42.6 Å². The van der Waals surface area contributed by atoms with Gasteiger partial charge in [0.1, 0.15) is 102 Å². The molecule has 1 aliphatic rings. The number of phenolic OH excluding ortho intramolecular Hbond substituents is 1. The van der Waals surface area contributed by atoms with Crippen LogP contribution in [-0.4, -0.2) is 305 Å². The van der Waals surface area contributed by atoms with Gasteiger partial charge in [-0.1, -0.05) is 50.6 Å². The Balaban J connectivity index is 1.48. The number of carbonyl (C=O) groups is 20. The van der Waals surface area contributed by atoms with E-state index in [-0.39, 0.29) is 75.5 Å². The van der Waals surface area contributed by atoms with E-state index >= 15 is 0 Å². The first-order valence-corrected chi connectivity index (χ1v) is 44.3. The minimum Gasteiger partial charge on any atom is -0.508 e. The fraction of sp³-hybridized carbons (Fsp3) is 0.562. The van der Waals surface area contributed by atoms with Gasteiger partial charge in [-0.05, 0) is 121 Å². The number of benzene rings is 2. The Morgan fingerprint density at radius 2 is 0.863 bits per heavy atom. The third-order valence-corrected chi connectivity index (χ3v) is 21.8. The Kier molecular flexibility index (Phi) is 47.2. The van der Waals surface area contributed by atoms with Crippen LogP contribution in [0.25, 0.3) is 10.9 Å². The van der Waals surface area contributed by atoms with Gasteiger partial charge in [0.2, 0.25) is 94.5 Å². The van der Waals surface area contributed by atoms with Crippen molar-refractivity contribution >= 4 is 186 Å². The van der Waals surface area contributed by atoms with Gasteiger partial charge in [0.05, 0.1) is 18.9 Å². The lowest BCUT2D eigenvalue weighted by Gasteiger charge is -2.30. The largest absolute Gasteiger partial charge is 0.508 e. The molecule has 131 heavy (non-hydrogen) atoms. The molecule has 0 unspecified atom stereocenters. The van der Waals surface area contributed by atoms with Crippen molar-refractivity contribution in [2.45, 2.75) is 234 Å². The van der Waals surface area contributed by atoms with Gasteiger partial charge in [-0.2, -0.15) is 50.5 Å². The fourth-order valence-electron chi connectivity index (χ4n) is 13.1. The first-order valence-electron chi connectivity index (χ1n) is 41.8. The van der Waals surface area contributed by atoms with Crippen molar-refractivity contribution in [1.29, 1.82) is 5.41 Å². The molecular formula is C80H120N22O25S4. The Hall–Kier alpha value is -12.2. The number of amides is 16. The number of nitrogens with one attached hydrogen (secondary N) is 18. The van der Waals surface area contributed by atoms with Gasteiger partial charge in [-0.3, -0.25) is 96.5 Å². The molecule has 1 fully saturated rings. The van der Waals surface area contributed by atoms with Crippen LogP contribution in [0.1, 0.15) is 130 Å². The molecule has 51 heteroatoms. The summed E-state index contributed by atoms with van der Waals surface area (Å²) in [4.78, 5) is 274. The van der Waals surface area contributed by atoms with Gasteiger partial charge < -0.3 is 138 Å². The van der Waals surface area contributed by atoms with Crippen molar-refractivity contribution in [3.05, 3.63) is 65.9 Å². The smallest absolute Gasteiger partial charge is 0.326 e. The SMILES string of the molecule is CC(C)C[C@H](NC(=O)[C@H](CS)NC(=O)[C@H](CS)NC(=O)[C@H](CCC(=O)O)NC(=O)[C@H](C)NC(=O)[C@H](CS)NC(=O)[C@H](C)NC(=O)[C@@H](N)CCCCN)C(=O)N[C@@H](C)C(=O)N[C@@H](CCCNC(=N)N)C(=O)N[C@@H](CC(=O)O)C(=O)N1CCC[C@H]1C(=O)N[C@@H](Cc1ccc(O)cc1)C(=O)N[C@@H](CS)C(=O)N[C@@H](C)C(=O)N[C@@H](Cc1c[nH]c2ccccc12)C(=O)N[C@@H](CC(=O)O)C(=O)O. The highest BCUT2D eigenvalue weighted by Gasteiger charge is 2.43. The molecule has 17 atom stereocenters. The number of nitrogens with two attached hydrogens (primary N) is 3. The van der Waals surface area contributed by atoms with Gasteiger partial charge >= 0.3 is 23.9 Å². The molecule has 4 rings (SSSR count). The zero-order valence-corrected chi connectivity index (χ0v) is 76.4. The normalized spacial score (nSPS) is 15.9. The Morgan fingerprint density at radius 3 is 1.33 bits per heavy atom. The molecule has 1 saturated heterocycles. The minimum absolute atomic E-state index is 0.0451. The summed E-state index contributed by atoms with van der Waals surface area (Å²) in [6.45, 7) is 8.38. The number of aromatic nitrogens is 1. The molecule has 0 saturated carbocycles. The average molecular weight is 1920 g/mol. The number of thiol groups is 4. The second kappa shape index (κ2) is 55.7. The van der Waals surface area contributed by atoms with Crippen LogP contribution in [-0.2, 0) is 109 Å². The van der Waals surface area contributed by atoms with Gasteiger partial charge in [0, 0.05) is 72.5 Å². The quantitative estimate of drug-likeness (QED) is 0.0108. The molecule has 16 amide bonds. The second-order valence-corrected chi connectivity index (χ2v) is 32.9. The van der Waals surface area contributed by atoms with Crippen LogP contribution < -0.4 is 102 Å². The molecule has 724 valence electrons. The molecule has 2 aromatic carbocycles. The molecule has 29 N–H and O–H groups in total. The number of aliphatic carboxylic acids is 4.